The Labute approximate surface area is 124 Å². The number of nitrogens with zero attached hydrogens (tertiary/aromatic N) is 1. The minimum Gasteiger partial charge on any atom is -0.487 e. The van der Waals surface area contributed by atoms with Crippen LogP contribution in [0.5, 0.6) is 5.75 Å². The van der Waals surface area contributed by atoms with E-state index in [4.69, 9.17) is 4.74 Å². The molecule has 1 N–H and O–H groups in total. The SMILES string of the molecule is CCCOc1cc(NC(CC)CSC)ccc1[N+](=O)[O-]. The van der Waals surface area contributed by atoms with E-state index in [1.165, 1.54) is 6.07 Å². The van der Waals surface area contributed by atoms with Crippen molar-refractivity contribution >= 4 is 23.1 Å². The lowest BCUT2D eigenvalue weighted by atomic mass is 10.2. The van der Waals surface area contributed by atoms with Gasteiger partial charge in [0.05, 0.1) is 11.5 Å². The first-order valence-electron chi connectivity index (χ1n) is 6.79. The van der Waals surface area contributed by atoms with Gasteiger partial charge in [-0.25, -0.2) is 0 Å². The Morgan fingerprint density at radius 2 is 2.20 bits per heavy atom. The summed E-state index contributed by atoms with van der Waals surface area (Å²) in [5, 5.41) is 14.4. The summed E-state index contributed by atoms with van der Waals surface area (Å²) < 4.78 is 5.48. The Hall–Kier alpha value is -1.43. The quantitative estimate of drug-likeness (QED) is 0.552. The number of benzene rings is 1. The highest BCUT2D eigenvalue weighted by atomic mass is 32.2. The van der Waals surface area contributed by atoms with Crippen molar-refractivity contribution in [2.45, 2.75) is 32.7 Å². The average Bonchev–Trinajstić information content (AvgIpc) is 2.44. The Kier molecular flexibility index (Phi) is 7.22. The van der Waals surface area contributed by atoms with E-state index < -0.39 is 4.92 Å². The van der Waals surface area contributed by atoms with Crippen LogP contribution in [0.3, 0.4) is 0 Å². The fourth-order valence-corrected chi connectivity index (χ4v) is 2.50. The molecule has 0 amide bonds. The van der Waals surface area contributed by atoms with E-state index in [1.54, 1.807) is 23.9 Å². The molecule has 0 heterocycles. The van der Waals surface area contributed by atoms with Crippen LogP contribution in [-0.4, -0.2) is 29.6 Å². The first-order valence-corrected chi connectivity index (χ1v) is 8.18. The molecule has 0 radical (unpaired) electrons. The zero-order chi connectivity index (χ0) is 15.0. The molecule has 0 saturated heterocycles. The number of nitro benzene ring substituents is 1. The van der Waals surface area contributed by atoms with Gasteiger partial charge in [-0.2, -0.15) is 11.8 Å². The maximum Gasteiger partial charge on any atom is 0.311 e. The number of nitrogens with one attached hydrogen (secondary N) is 1. The van der Waals surface area contributed by atoms with E-state index in [9.17, 15) is 10.1 Å². The van der Waals surface area contributed by atoms with Gasteiger partial charge in [0.25, 0.3) is 0 Å². The summed E-state index contributed by atoms with van der Waals surface area (Å²) in [6.45, 7) is 4.57. The van der Waals surface area contributed by atoms with Crippen LogP contribution in [0.1, 0.15) is 26.7 Å². The summed E-state index contributed by atoms with van der Waals surface area (Å²) in [6.07, 6.45) is 3.89. The molecule has 0 aromatic heterocycles. The molecule has 1 unspecified atom stereocenters. The van der Waals surface area contributed by atoms with Gasteiger partial charge < -0.3 is 10.1 Å². The zero-order valence-electron chi connectivity index (χ0n) is 12.2. The van der Waals surface area contributed by atoms with Crippen LogP contribution in [0.15, 0.2) is 18.2 Å². The summed E-state index contributed by atoms with van der Waals surface area (Å²) in [4.78, 5) is 10.6. The van der Waals surface area contributed by atoms with Crippen molar-refractivity contribution in [1.82, 2.24) is 0 Å². The number of hydrogen-bond donors (Lipinski definition) is 1. The Morgan fingerprint density at radius 1 is 1.45 bits per heavy atom. The number of hydrogen-bond acceptors (Lipinski definition) is 5. The molecular weight excluding hydrogens is 276 g/mol. The molecule has 0 aliphatic rings. The van der Waals surface area contributed by atoms with Crippen LogP contribution < -0.4 is 10.1 Å². The number of thioether (sulfide) groups is 1. The lowest BCUT2D eigenvalue weighted by Crippen LogP contribution is -2.21. The zero-order valence-corrected chi connectivity index (χ0v) is 13.0. The number of rotatable bonds is 9. The number of anilines is 1. The summed E-state index contributed by atoms with van der Waals surface area (Å²) in [5.74, 6) is 1.33. The molecule has 1 rings (SSSR count). The molecule has 20 heavy (non-hydrogen) atoms. The van der Waals surface area contributed by atoms with Crippen LogP contribution in [0.25, 0.3) is 0 Å². The van der Waals surface area contributed by atoms with Crippen molar-refractivity contribution in [3.05, 3.63) is 28.3 Å². The highest BCUT2D eigenvalue weighted by molar-refractivity contribution is 7.98. The molecule has 1 aromatic rings. The molecule has 0 aliphatic heterocycles. The lowest BCUT2D eigenvalue weighted by molar-refractivity contribution is -0.385. The van der Waals surface area contributed by atoms with Crippen LogP contribution in [0.2, 0.25) is 0 Å². The van der Waals surface area contributed by atoms with Gasteiger partial charge >= 0.3 is 5.69 Å². The predicted octanol–water partition coefficient (Wildman–Crippen LogP) is 3.94. The highest BCUT2D eigenvalue weighted by Crippen LogP contribution is 2.30. The van der Waals surface area contributed by atoms with Gasteiger partial charge in [0.1, 0.15) is 0 Å². The molecule has 0 saturated carbocycles. The lowest BCUT2D eigenvalue weighted by Gasteiger charge is -2.17. The molecule has 6 heteroatoms. The minimum absolute atomic E-state index is 0.0157. The number of ether oxygens (including phenoxy) is 1. The summed E-state index contributed by atoms with van der Waals surface area (Å²) >= 11 is 1.78. The van der Waals surface area contributed by atoms with Crippen LogP contribution in [0.4, 0.5) is 11.4 Å². The molecule has 0 bridgehead atoms. The monoisotopic (exact) mass is 298 g/mol. The van der Waals surface area contributed by atoms with Gasteiger partial charge in [-0.15, -0.1) is 0 Å². The van der Waals surface area contributed by atoms with Gasteiger partial charge in [0.2, 0.25) is 0 Å². The molecule has 0 fully saturated rings. The van der Waals surface area contributed by atoms with E-state index in [1.807, 2.05) is 6.92 Å². The van der Waals surface area contributed by atoms with Gasteiger partial charge in [-0.3, -0.25) is 10.1 Å². The topological polar surface area (TPSA) is 64.4 Å². The van der Waals surface area contributed by atoms with Gasteiger partial charge in [-0.1, -0.05) is 13.8 Å². The predicted molar refractivity (Wildman–Crippen MR) is 85.0 cm³/mol. The van der Waals surface area contributed by atoms with E-state index in [0.717, 1.165) is 24.3 Å². The molecular formula is C14H22N2O3S. The minimum atomic E-state index is -0.409. The van der Waals surface area contributed by atoms with Gasteiger partial charge in [0, 0.05) is 29.6 Å². The second-order valence-corrected chi connectivity index (χ2v) is 5.40. The first kappa shape index (κ1) is 16.6. The largest absolute Gasteiger partial charge is 0.487 e. The van der Waals surface area contributed by atoms with Gasteiger partial charge in [-0.05, 0) is 25.2 Å². The Balaban J connectivity index is 2.90. The normalized spacial score (nSPS) is 11.9. The van der Waals surface area contributed by atoms with Crippen LogP contribution in [-0.2, 0) is 0 Å². The molecule has 112 valence electrons. The standard InChI is InChI=1S/C14H22N2O3S/c1-4-8-19-14-9-12(6-7-13(14)16(17)18)15-11(5-2)10-20-3/h6-7,9,11,15H,4-5,8,10H2,1-3H3. The fourth-order valence-electron chi connectivity index (χ4n) is 1.78. The van der Waals surface area contributed by atoms with Crippen molar-refractivity contribution in [1.29, 1.82) is 0 Å². The summed E-state index contributed by atoms with van der Waals surface area (Å²) in [6, 6.07) is 5.31. The molecule has 5 nitrogen and oxygen atoms in total. The van der Waals surface area contributed by atoms with Crippen molar-refractivity contribution in [2.75, 3.05) is 23.9 Å². The van der Waals surface area contributed by atoms with E-state index >= 15 is 0 Å². The third-order valence-electron chi connectivity index (χ3n) is 2.85. The molecule has 1 atom stereocenters. The van der Waals surface area contributed by atoms with Crippen molar-refractivity contribution < 1.29 is 9.66 Å². The Bertz CT molecular complexity index is 440. The summed E-state index contributed by atoms with van der Waals surface area (Å²) in [5.41, 5.74) is 0.879. The maximum atomic E-state index is 11.0. The second kappa shape index (κ2) is 8.68. The van der Waals surface area contributed by atoms with E-state index in [0.29, 0.717) is 18.4 Å². The second-order valence-electron chi connectivity index (χ2n) is 4.49. The first-order chi connectivity index (χ1) is 9.62. The third-order valence-corrected chi connectivity index (χ3v) is 3.59. The Morgan fingerprint density at radius 3 is 2.75 bits per heavy atom. The van der Waals surface area contributed by atoms with Crippen LogP contribution in [0, 0.1) is 10.1 Å². The van der Waals surface area contributed by atoms with Crippen LogP contribution >= 0.6 is 11.8 Å². The maximum absolute atomic E-state index is 11.0. The summed E-state index contributed by atoms with van der Waals surface area (Å²) in [7, 11) is 0. The number of nitro groups is 1. The highest BCUT2D eigenvalue weighted by Gasteiger charge is 2.16. The van der Waals surface area contributed by atoms with E-state index in [-0.39, 0.29) is 5.69 Å². The fraction of sp³-hybridized carbons (Fsp3) is 0.571. The van der Waals surface area contributed by atoms with Crippen molar-refractivity contribution in [2.24, 2.45) is 0 Å². The third kappa shape index (κ3) is 4.92. The molecule has 0 spiro atoms. The molecule has 0 aliphatic carbocycles. The smallest absolute Gasteiger partial charge is 0.311 e. The van der Waals surface area contributed by atoms with E-state index in [2.05, 4.69) is 18.5 Å². The average molecular weight is 298 g/mol. The van der Waals surface area contributed by atoms with Crippen molar-refractivity contribution in [3.63, 3.8) is 0 Å². The molecule has 1 aromatic carbocycles. The van der Waals surface area contributed by atoms with Gasteiger partial charge in [0.15, 0.2) is 5.75 Å². The van der Waals surface area contributed by atoms with Crippen molar-refractivity contribution in [3.8, 4) is 5.75 Å².